The van der Waals surface area contributed by atoms with Gasteiger partial charge in [-0.05, 0) is 36.1 Å². The van der Waals surface area contributed by atoms with E-state index in [1.165, 1.54) is 7.11 Å². The van der Waals surface area contributed by atoms with Crippen molar-refractivity contribution >= 4 is 11.8 Å². The first-order valence-corrected chi connectivity index (χ1v) is 7.15. The normalized spacial score (nSPS) is 16.1. The molecule has 4 heteroatoms. The van der Waals surface area contributed by atoms with Crippen LogP contribution in [-0.2, 0) is 16.0 Å². The lowest BCUT2D eigenvalue weighted by Crippen LogP contribution is -2.12. The lowest BCUT2D eigenvalue weighted by atomic mass is 9.95. The molecule has 0 saturated heterocycles. The van der Waals surface area contributed by atoms with Gasteiger partial charge in [-0.25, -0.2) is 0 Å². The van der Waals surface area contributed by atoms with Crippen LogP contribution in [0.3, 0.4) is 0 Å². The third-order valence-corrected chi connectivity index (χ3v) is 4.10. The van der Waals surface area contributed by atoms with Crippen molar-refractivity contribution in [2.45, 2.75) is 18.8 Å². The van der Waals surface area contributed by atoms with E-state index in [1.807, 2.05) is 6.07 Å². The molecule has 112 valence electrons. The minimum Gasteiger partial charge on any atom is -0.507 e. The van der Waals surface area contributed by atoms with Crippen LogP contribution in [0.25, 0.3) is 0 Å². The zero-order valence-electron chi connectivity index (χ0n) is 12.2. The molecule has 3 rings (SSSR count). The first-order valence-electron chi connectivity index (χ1n) is 7.15. The Morgan fingerprint density at radius 2 is 1.91 bits per heavy atom. The second kappa shape index (κ2) is 5.64. The van der Waals surface area contributed by atoms with Crippen molar-refractivity contribution < 1.29 is 19.4 Å². The van der Waals surface area contributed by atoms with Gasteiger partial charge in [0, 0.05) is 5.56 Å². The largest absolute Gasteiger partial charge is 0.507 e. The monoisotopic (exact) mass is 296 g/mol. The van der Waals surface area contributed by atoms with Crippen LogP contribution in [-0.4, -0.2) is 24.0 Å². The van der Waals surface area contributed by atoms with E-state index in [2.05, 4.69) is 0 Å². The number of rotatable bonds is 3. The van der Waals surface area contributed by atoms with Crippen molar-refractivity contribution in [3.8, 4) is 5.75 Å². The van der Waals surface area contributed by atoms with Crippen molar-refractivity contribution in [3.63, 3.8) is 0 Å². The highest BCUT2D eigenvalue weighted by Gasteiger charge is 2.31. The SMILES string of the molecule is COC(=O)C1CCc2cc(O)c(C(=O)c3ccccc3)cc21. The van der Waals surface area contributed by atoms with E-state index in [0.717, 1.165) is 11.1 Å². The predicted octanol–water partition coefficient (Wildman–Crippen LogP) is 2.83. The summed E-state index contributed by atoms with van der Waals surface area (Å²) in [4.78, 5) is 24.4. The highest BCUT2D eigenvalue weighted by molar-refractivity contribution is 6.11. The number of ketones is 1. The van der Waals surface area contributed by atoms with E-state index in [1.54, 1.807) is 36.4 Å². The molecule has 0 radical (unpaired) electrons. The molecule has 1 aliphatic rings. The number of aromatic hydroxyl groups is 1. The molecule has 0 bridgehead atoms. The Hall–Kier alpha value is -2.62. The Morgan fingerprint density at radius 1 is 1.18 bits per heavy atom. The summed E-state index contributed by atoms with van der Waals surface area (Å²) in [5.74, 6) is -0.958. The molecule has 4 nitrogen and oxygen atoms in total. The van der Waals surface area contributed by atoms with Gasteiger partial charge >= 0.3 is 5.97 Å². The Bertz CT molecular complexity index is 734. The number of carbonyl (C=O) groups excluding carboxylic acids is 2. The summed E-state index contributed by atoms with van der Waals surface area (Å²) in [6.45, 7) is 0. The molecule has 0 heterocycles. The Kier molecular flexibility index (Phi) is 3.67. The molecule has 0 spiro atoms. The minimum absolute atomic E-state index is 0.0434. The third-order valence-electron chi connectivity index (χ3n) is 4.10. The van der Waals surface area contributed by atoms with E-state index in [9.17, 15) is 14.7 Å². The van der Waals surface area contributed by atoms with Crippen LogP contribution in [0.2, 0.25) is 0 Å². The number of esters is 1. The van der Waals surface area contributed by atoms with Gasteiger partial charge in [0.05, 0.1) is 18.6 Å². The van der Waals surface area contributed by atoms with Gasteiger partial charge in [-0.1, -0.05) is 30.3 Å². The second-order valence-corrected chi connectivity index (χ2v) is 5.38. The fraction of sp³-hybridized carbons (Fsp3) is 0.222. The number of hydrogen-bond acceptors (Lipinski definition) is 4. The van der Waals surface area contributed by atoms with Gasteiger partial charge in [-0.3, -0.25) is 9.59 Å². The maximum Gasteiger partial charge on any atom is 0.313 e. The fourth-order valence-electron chi connectivity index (χ4n) is 2.96. The molecule has 0 amide bonds. The molecule has 1 unspecified atom stereocenters. The van der Waals surface area contributed by atoms with Crippen molar-refractivity contribution in [3.05, 3.63) is 64.7 Å². The van der Waals surface area contributed by atoms with E-state index in [4.69, 9.17) is 4.74 Å². The minimum atomic E-state index is -0.358. The Balaban J connectivity index is 2.04. The molecule has 2 aromatic rings. The number of ether oxygens (including phenoxy) is 1. The number of methoxy groups -OCH3 is 1. The number of aryl methyl sites for hydroxylation is 1. The van der Waals surface area contributed by atoms with Crippen LogP contribution in [0.15, 0.2) is 42.5 Å². The molecule has 1 aliphatic carbocycles. The lowest BCUT2D eigenvalue weighted by Gasteiger charge is -2.12. The maximum atomic E-state index is 12.5. The van der Waals surface area contributed by atoms with Crippen LogP contribution >= 0.6 is 0 Å². The van der Waals surface area contributed by atoms with Crippen LogP contribution in [0.4, 0.5) is 0 Å². The lowest BCUT2D eigenvalue weighted by molar-refractivity contribution is -0.142. The van der Waals surface area contributed by atoms with Crippen molar-refractivity contribution in [1.82, 2.24) is 0 Å². The van der Waals surface area contributed by atoms with E-state index >= 15 is 0 Å². The number of phenols is 1. The summed E-state index contributed by atoms with van der Waals surface area (Å²) in [6.07, 6.45) is 1.34. The van der Waals surface area contributed by atoms with Crippen LogP contribution in [0.1, 0.15) is 39.4 Å². The van der Waals surface area contributed by atoms with Gasteiger partial charge in [0.2, 0.25) is 0 Å². The standard InChI is InChI=1S/C18H16O4/c1-22-18(21)13-8-7-12-9-16(19)15(10-14(12)13)17(20)11-5-3-2-4-6-11/h2-6,9-10,13,19H,7-8H2,1H3. The second-order valence-electron chi connectivity index (χ2n) is 5.38. The highest BCUT2D eigenvalue weighted by Crippen LogP contribution is 2.38. The van der Waals surface area contributed by atoms with E-state index in [0.29, 0.717) is 18.4 Å². The highest BCUT2D eigenvalue weighted by atomic mass is 16.5. The fourth-order valence-corrected chi connectivity index (χ4v) is 2.96. The van der Waals surface area contributed by atoms with Crippen molar-refractivity contribution in [2.75, 3.05) is 7.11 Å². The predicted molar refractivity (Wildman–Crippen MR) is 81.1 cm³/mol. The number of hydrogen-bond donors (Lipinski definition) is 1. The van der Waals surface area contributed by atoms with Gasteiger partial charge in [-0.15, -0.1) is 0 Å². The molecule has 1 atom stereocenters. The summed E-state index contributed by atoms with van der Waals surface area (Å²) < 4.78 is 4.82. The molecule has 0 saturated carbocycles. The number of fused-ring (bicyclic) bond motifs is 1. The van der Waals surface area contributed by atoms with Gasteiger partial charge in [0.1, 0.15) is 5.75 Å². The van der Waals surface area contributed by atoms with Crippen LogP contribution in [0, 0.1) is 0 Å². The van der Waals surface area contributed by atoms with Crippen molar-refractivity contribution in [1.29, 1.82) is 0 Å². The number of phenolic OH excluding ortho intramolecular Hbond substituents is 1. The summed E-state index contributed by atoms with van der Waals surface area (Å²) in [6, 6.07) is 12.0. The van der Waals surface area contributed by atoms with E-state index in [-0.39, 0.29) is 29.0 Å². The Morgan fingerprint density at radius 3 is 2.59 bits per heavy atom. The number of benzene rings is 2. The van der Waals surface area contributed by atoms with Gasteiger partial charge in [-0.2, -0.15) is 0 Å². The average molecular weight is 296 g/mol. The van der Waals surface area contributed by atoms with Crippen LogP contribution < -0.4 is 0 Å². The average Bonchev–Trinajstić information content (AvgIpc) is 2.96. The molecule has 22 heavy (non-hydrogen) atoms. The molecule has 2 aromatic carbocycles. The summed E-state index contributed by atoms with van der Waals surface area (Å²) >= 11 is 0. The zero-order valence-corrected chi connectivity index (χ0v) is 12.2. The molecule has 1 N–H and O–H groups in total. The summed E-state index contributed by atoms with van der Waals surface area (Å²) in [5, 5.41) is 10.2. The first kappa shape index (κ1) is 14.3. The zero-order chi connectivity index (χ0) is 15.7. The van der Waals surface area contributed by atoms with E-state index < -0.39 is 0 Å². The smallest absolute Gasteiger partial charge is 0.313 e. The summed E-state index contributed by atoms with van der Waals surface area (Å²) in [7, 11) is 1.36. The van der Waals surface area contributed by atoms with Crippen LogP contribution in [0.5, 0.6) is 5.75 Å². The Labute approximate surface area is 128 Å². The molecular weight excluding hydrogens is 280 g/mol. The maximum absolute atomic E-state index is 12.5. The topological polar surface area (TPSA) is 63.6 Å². The quantitative estimate of drug-likeness (QED) is 0.699. The first-order chi connectivity index (χ1) is 10.6. The molecular formula is C18H16O4. The molecule has 0 aliphatic heterocycles. The van der Waals surface area contributed by atoms with Gasteiger partial charge < -0.3 is 9.84 Å². The van der Waals surface area contributed by atoms with Gasteiger partial charge in [0.15, 0.2) is 5.78 Å². The summed E-state index contributed by atoms with van der Waals surface area (Å²) in [5.41, 5.74) is 2.41. The third kappa shape index (κ3) is 2.37. The van der Waals surface area contributed by atoms with Gasteiger partial charge in [0.25, 0.3) is 0 Å². The van der Waals surface area contributed by atoms with Crippen molar-refractivity contribution in [2.24, 2.45) is 0 Å². The molecule has 0 aromatic heterocycles. The molecule has 0 fully saturated rings. The number of carbonyl (C=O) groups is 2.